The largest absolute Gasteiger partial charge is 0.487 e. The first kappa shape index (κ1) is 20.1. The highest BCUT2D eigenvalue weighted by Gasteiger charge is 2.08. The lowest BCUT2D eigenvalue weighted by molar-refractivity contribution is -0.139. The average Bonchev–Trinajstić information content (AvgIpc) is 3.31. The summed E-state index contributed by atoms with van der Waals surface area (Å²) in [5, 5.41) is 4.00. The monoisotopic (exact) mass is 412 g/mol. The second kappa shape index (κ2) is 10.0. The van der Waals surface area contributed by atoms with Gasteiger partial charge in [-0.15, -0.1) is 0 Å². The number of hydrogen-bond acceptors (Lipinski definition) is 6. The van der Waals surface area contributed by atoms with E-state index in [9.17, 15) is 4.79 Å². The van der Waals surface area contributed by atoms with Crippen LogP contribution in [0.3, 0.4) is 0 Å². The molecule has 2 heterocycles. The molecular formula is C25H20N2O4. The van der Waals surface area contributed by atoms with Crippen LogP contribution in [0, 0.1) is 0 Å². The Morgan fingerprint density at radius 2 is 1.74 bits per heavy atom. The Bertz CT molecular complexity index is 1140. The van der Waals surface area contributed by atoms with Crippen LogP contribution in [0.25, 0.3) is 17.3 Å². The van der Waals surface area contributed by atoms with Gasteiger partial charge in [-0.1, -0.05) is 53.7 Å². The van der Waals surface area contributed by atoms with Crippen molar-refractivity contribution in [3.63, 3.8) is 0 Å². The first-order valence-corrected chi connectivity index (χ1v) is 9.75. The van der Waals surface area contributed by atoms with Gasteiger partial charge in [-0.05, 0) is 35.9 Å². The fourth-order valence-electron chi connectivity index (χ4n) is 2.80. The van der Waals surface area contributed by atoms with Gasteiger partial charge in [-0.3, -0.25) is 4.98 Å². The van der Waals surface area contributed by atoms with E-state index in [2.05, 4.69) is 10.1 Å². The molecule has 0 unspecified atom stereocenters. The van der Waals surface area contributed by atoms with E-state index < -0.39 is 5.97 Å². The summed E-state index contributed by atoms with van der Waals surface area (Å²) in [6.07, 6.45) is 4.79. The summed E-state index contributed by atoms with van der Waals surface area (Å²) < 4.78 is 16.1. The van der Waals surface area contributed by atoms with Gasteiger partial charge < -0.3 is 14.0 Å². The van der Waals surface area contributed by atoms with Crippen molar-refractivity contribution in [3.8, 4) is 17.0 Å². The van der Waals surface area contributed by atoms with E-state index >= 15 is 0 Å². The maximum Gasteiger partial charge on any atom is 0.331 e. The highest BCUT2D eigenvalue weighted by atomic mass is 16.5. The fraction of sp³-hybridized carbons (Fsp3) is 0.0800. The van der Waals surface area contributed by atoms with Crippen LogP contribution in [0.2, 0.25) is 0 Å². The van der Waals surface area contributed by atoms with E-state index in [1.54, 1.807) is 18.3 Å². The van der Waals surface area contributed by atoms with Crippen molar-refractivity contribution in [3.05, 3.63) is 108 Å². The van der Waals surface area contributed by atoms with E-state index in [0.717, 1.165) is 22.6 Å². The molecule has 0 spiro atoms. The third-order valence-corrected chi connectivity index (χ3v) is 4.39. The number of rotatable bonds is 8. The molecule has 0 N–H and O–H groups in total. The van der Waals surface area contributed by atoms with Gasteiger partial charge in [0.2, 0.25) is 0 Å². The molecule has 0 atom stereocenters. The minimum atomic E-state index is -0.465. The molecule has 6 nitrogen and oxygen atoms in total. The molecule has 6 heteroatoms. The highest BCUT2D eigenvalue weighted by molar-refractivity contribution is 5.87. The summed E-state index contributed by atoms with van der Waals surface area (Å²) in [5.74, 6) is 0.744. The summed E-state index contributed by atoms with van der Waals surface area (Å²) in [5.41, 5.74) is 3.36. The zero-order valence-corrected chi connectivity index (χ0v) is 16.7. The standard InChI is InChI=1S/C25H20N2O4/c28-25(30-18-23-16-24(27-31-23)20-6-2-1-3-7-20)14-11-19-9-12-22(13-10-19)29-17-21-8-4-5-15-26-21/h1-16H,17-18H2/b14-11+. The maximum absolute atomic E-state index is 12.0. The molecule has 31 heavy (non-hydrogen) atoms. The zero-order chi connectivity index (χ0) is 21.3. The molecule has 4 rings (SSSR count). The van der Waals surface area contributed by atoms with Gasteiger partial charge in [-0.2, -0.15) is 0 Å². The van der Waals surface area contributed by atoms with Crippen LogP contribution in [-0.2, 0) is 22.7 Å². The quantitative estimate of drug-likeness (QED) is 0.297. The van der Waals surface area contributed by atoms with Crippen LogP contribution < -0.4 is 4.74 Å². The first-order chi connectivity index (χ1) is 15.3. The Morgan fingerprint density at radius 1 is 0.935 bits per heavy atom. The van der Waals surface area contributed by atoms with Crippen molar-refractivity contribution >= 4 is 12.0 Å². The van der Waals surface area contributed by atoms with E-state index in [4.69, 9.17) is 14.0 Å². The Hall–Kier alpha value is -4.19. The van der Waals surface area contributed by atoms with Crippen LogP contribution >= 0.6 is 0 Å². The molecule has 0 aliphatic carbocycles. The number of hydrogen-bond donors (Lipinski definition) is 0. The minimum Gasteiger partial charge on any atom is -0.487 e. The van der Waals surface area contributed by atoms with Gasteiger partial charge in [-0.25, -0.2) is 4.79 Å². The van der Waals surface area contributed by atoms with Crippen molar-refractivity contribution in [1.29, 1.82) is 0 Å². The van der Waals surface area contributed by atoms with Crippen molar-refractivity contribution in [2.24, 2.45) is 0 Å². The molecule has 0 saturated carbocycles. The second-order valence-corrected chi connectivity index (χ2v) is 6.66. The molecule has 0 radical (unpaired) electrons. The number of nitrogens with zero attached hydrogens (tertiary/aromatic N) is 2. The topological polar surface area (TPSA) is 74.5 Å². The summed E-state index contributed by atoms with van der Waals surface area (Å²) >= 11 is 0. The van der Waals surface area contributed by atoms with Crippen LogP contribution in [0.1, 0.15) is 17.0 Å². The third kappa shape index (κ3) is 5.90. The van der Waals surface area contributed by atoms with Crippen molar-refractivity contribution in [1.82, 2.24) is 10.1 Å². The van der Waals surface area contributed by atoms with E-state index in [-0.39, 0.29) is 6.61 Å². The number of carbonyl (C=O) groups is 1. The molecule has 0 aliphatic rings. The SMILES string of the molecule is O=C(/C=C/c1ccc(OCc2ccccn2)cc1)OCc1cc(-c2ccccc2)no1. The van der Waals surface area contributed by atoms with Gasteiger partial charge in [0, 0.05) is 23.9 Å². The summed E-state index contributed by atoms with van der Waals surface area (Å²) in [6.45, 7) is 0.416. The molecular weight excluding hydrogens is 392 g/mol. The average molecular weight is 412 g/mol. The molecule has 0 fully saturated rings. The Labute approximate surface area is 179 Å². The summed E-state index contributed by atoms with van der Waals surface area (Å²) in [4.78, 5) is 16.2. The second-order valence-electron chi connectivity index (χ2n) is 6.66. The smallest absolute Gasteiger partial charge is 0.331 e. The number of carbonyl (C=O) groups excluding carboxylic acids is 1. The molecule has 2 aromatic carbocycles. The first-order valence-electron chi connectivity index (χ1n) is 9.75. The third-order valence-electron chi connectivity index (χ3n) is 4.39. The fourth-order valence-corrected chi connectivity index (χ4v) is 2.80. The van der Waals surface area contributed by atoms with Crippen LogP contribution in [0.4, 0.5) is 0 Å². The molecule has 4 aromatic rings. The maximum atomic E-state index is 12.0. The number of aromatic nitrogens is 2. The van der Waals surface area contributed by atoms with Gasteiger partial charge in [0.15, 0.2) is 12.4 Å². The number of esters is 1. The predicted octanol–water partition coefficient (Wildman–Crippen LogP) is 5.07. The van der Waals surface area contributed by atoms with Crippen molar-refractivity contribution in [2.45, 2.75) is 13.2 Å². The Morgan fingerprint density at radius 3 is 2.52 bits per heavy atom. The van der Waals surface area contributed by atoms with Crippen molar-refractivity contribution in [2.75, 3.05) is 0 Å². The summed E-state index contributed by atoms with van der Waals surface area (Å²) in [7, 11) is 0. The summed E-state index contributed by atoms with van der Waals surface area (Å²) in [6, 6.07) is 24.5. The Kier molecular flexibility index (Phi) is 6.50. The zero-order valence-electron chi connectivity index (χ0n) is 16.7. The molecule has 0 bridgehead atoms. The van der Waals surface area contributed by atoms with Crippen molar-refractivity contribution < 1.29 is 18.8 Å². The number of benzene rings is 2. The van der Waals surface area contributed by atoms with Gasteiger partial charge >= 0.3 is 5.97 Å². The minimum absolute atomic E-state index is 0.0172. The van der Waals surface area contributed by atoms with Gasteiger partial charge in [0.1, 0.15) is 18.1 Å². The molecule has 0 saturated heterocycles. The highest BCUT2D eigenvalue weighted by Crippen LogP contribution is 2.19. The van der Waals surface area contributed by atoms with E-state index in [1.807, 2.05) is 72.8 Å². The lowest BCUT2D eigenvalue weighted by Crippen LogP contribution is -2.00. The molecule has 0 amide bonds. The van der Waals surface area contributed by atoms with Gasteiger partial charge in [0.05, 0.1) is 5.69 Å². The van der Waals surface area contributed by atoms with Crippen LogP contribution in [0.15, 0.2) is 95.7 Å². The van der Waals surface area contributed by atoms with E-state index in [1.165, 1.54) is 6.08 Å². The molecule has 154 valence electrons. The van der Waals surface area contributed by atoms with Crippen LogP contribution in [-0.4, -0.2) is 16.1 Å². The predicted molar refractivity (Wildman–Crippen MR) is 116 cm³/mol. The van der Waals surface area contributed by atoms with Crippen LogP contribution in [0.5, 0.6) is 5.75 Å². The Balaban J connectivity index is 1.25. The van der Waals surface area contributed by atoms with Gasteiger partial charge in [0.25, 0.3) is 0 Å². The number of pyridine rings is 1. The van der Waals surface area contributed by atoms with E-state index in [0.29, 0.717) is 18.1 Å². The molecule has 2 aromatic heterocycles. The lowest BCUT2D eigenvalue weighted by atomic mass is 10.1. The normalized spacial score (nSPS) is 10.8. The molecule has 0 aliphatic heterocycles. The lowest BCUT2D eigenvalue weighted by Gasteiger charge is -2.05. The number of ether oxygens (including phenoxy) is 2.